The molecule has 0 aliphatic carbocycles. The average Bonchev–Trinajstić information content (AvgIpc) is 3.50. The van der Waals surface area contributed by atoms with Crippen molar-refractivity contribution >= 4 is 62.1 Å². The van der Waals surface area contributed by atoms with Gasteiger partial charge in [0.2, 0.25) is 5.88 Å². The van der Waals surface area contributed by atoms with E-state index in [1.807, 2.05) is 66.7 Å². The largest absolute Gasteiger partial charge is 0.440 e. The molecule has 2 aliphatic heterocycles. The highest BCUT2D eigenvalue weighted by atomic mass is 79.9. The van der Waals surface area contributed by atoms with Crippen molar-refractivity contribution < 1.29 is 9.21 Å². The fourth-order valence-corrected chi connectivity index (χ4v) is 5.22. The van der Waals surface area contributed by atoms with Crippen LogP contribution in [0.4, 0.5) is 17.3 Å². The molecular formula is C24H20BrN3O2S. The van der Waals surface area contributed by atoms with Crippen molar-refractivity contribution in [1.29, 1.82) is 0 Å². The second-order valence-electron chi connectivity index (χ2n) is 7.31. The van der Waals surface area contributed by atoms with E-state index in [0.717, 1.165) is 34.8 Å². The Hall–Kier alpha value is -2.77. The Kier molecular flexibility index (Phi) is 5.70. The number of rotatable bonds is 4. The van der Waals surface area contributed by atoms with E-state index >= 15 is 0 Å². The summed E-state index contributed by atoms with van der Waals surface area (Å²) in [6.45, 7) is 1.98. The Morgan fingerprint density at radius 3 is 2.39 bits per heavy atom. The van der Waals surface area contributed by atoms with Crippen molar-refractivity contribution in [2.45, 2.75) is 12.8 Å². The lowest BCUT2D eigenvalue weighted by Gasteiger charge is -2.15. The van der Waals surface area contributed by atoms with Crippen molar-refractivity contribution in [1.82, 2.24) is 0 Å². The van der Waals surface area contributed by atoms with Crippen LogP contribution in [0.3, 0.4) is 0 Å². The van der Waals surface area contributed by atoms with E-state index in [4.69, 9.17) is 9.41 Å². The van der Waals surface area contributed by atoms with Crippen molar-refractivity contribution in [3.63, 3.8) is 0 Å². The van der Waals surface area contributed by atoms with Crippen molar-refractivity contribution in [2.75, 3.05) is 22.9 Å². The summed E-state index contributed by atoms with van der Waals surface area (Å²) < 4.78 is 6.99. The Labute approximate surface area is 193 Å². The molecule has 0 saturated carbocycles. The van der Waals surface area contributed by atoms with Crippen molar-refractivity contribution in [3.05, 3.63) is 81.9 Å². The van der Waals surface area contributed by atoms with E-state index < -0.39 is 0 Å². The van der Waals surface area contributed by atoms with Gasteiger partial charge in [0.25, 0.3) is 5.91 Å². The molecule has 5 rings (SSSR count). The van der Waals surface area contributed by atoms with Crippen molar-refractivity contribution in [2.24, 2.45) is 4.99 Å². The number of carbonyl (C=O) groups excluding carboxylic acids is 1. The summed E-state index contributed by atoms with van der Waals surface area (Å²) in [7, 11) is 0. The van der Waals surface area contributed by atoms with Crippen LogP contribution in [-0.4, -0.2) is 24.2 Å². The number of halogens is 1. The van der Waals surface area contributed by atoms with Gasteiger partial charge < -0.3 is 9.32 Å². The summed E-state index contributed by atoms with van der Waals surface area (Å²) >= 11 is 4.96. The fourth-order valence-electron chi connectivity index (χ4n) is 3.68. The summed E-state index contributed by atoms with van der Waals surface area (Å²) in [5, 5.41) is 0.624. The van der Waals surface area contributed by atoms with E-state index in [1.54, 1.807) is 11.0 Å². The van der Waals surface area contributed by atoms with Crippen molar-refractivity contribution in [3.8, 4) is 0 Å². The van der Waals surface area contributed by atoms with Gasteiger partial charge in [-0.1, -0.05) is 36.4 Å². The predicted molar refractivity (Wildman–Crippen MR) is 131 cm³/mol. The van der Waals surface area contributed by atoms with Crippen LogP contribution in [0.2, 0.25) is 0 Å². The molecule has 0 atom stereocenters. The molecule has 31 heavy (non-hydrogen) atoms. The van der Waals surface area contributed by atoms with Gasteiger partial charge in [-0.2, -0.15) is 0 Å². The molecule has 3 heterocycles. The van der Waals surface area contributed by atoms with Gasteiger partial charge in [0.1, 0.15) is 5.76 Å². The van der Waals surface area contributed by atoms with Crippen LogP contribution in [-0.2, 0) is 4.79 Å². The Morgan fingerprint density at radius 1 is 1.00 bits per heavy atom. The second-order valence-corrected chi connectivity index (χ2v) is 9.18. The van der Waals surface area contributed by atoms with Gasteiger partial charge in [0.05, 0.1) is 20.8 Å². The van der Waals surface area contributed by atoms with Gasteiger partial charge >= 0.3 is 0 Å². The average molecular weight is 494 g/mol. The maximum atomic E-state index is 13.4. The molecule has 5 nitrogen and oxygen atoms in total. The molecule has 0 N–H and O–H groups in total. The molecule has 0 spiro atoms. The molecule has 1 aromatic heterocycles. The molecule has 3 aromatic rings. The zero-order valence-electron chi connectivity index (χ0n) is 16.7. The Morgan fingerprint density at radius 2 is 1.68 bits per heavy atom. The molecular weight excluding hydrogens is 474 g/mol. The lowest BCUT2D eigenvalue weighted by molar-refractivity contribution is -0.113. The first-order chi connectivity index (χ1) is 15.2. The van der Waals surface area contributed by atoms with Gasteiger partial charge in [-0.05, 0) is 64.8 Å². The van der Waals surface area contributed by atoms with Crippen LogP contribution in [0, 0.1) is 0 Å². The van der Waals surface area contributed by atoms with Crippen LogP contribution in [0.5, 0.6) is 0 Å². The molecule has 0 unspecified atom stereocenters. The standard InChI is InChI=1S/C24H20BrN3O2S/c25-20-15-19(30-23(20)27-13-7-8-14-27)16-21-22(29)28(18-11-5-2-6-12-18)24(31-21)26-17-9-3-1-4-10-17/h1-6,9-12,15-16H,7-8,13-14H2/b21-16-,26-24?. The third-order valence-electron chi connectivity index (χ3n) is 5.16. The number of amidine groups is 1. The van der Waals surface area contributed by atoms with Gasteiger partial charge in [0.15, 0.2) is 5.17 Å². The predicted octanol–water partition coefficient (Wildman–Crippen LogP) is 6.45. The third kappa shape index (κ3) is 4.20. The van der Waals surface area contributed by atoms with Gasteiger partial charge in [0, 0.05) is 25.2 Å². The maximum Gasteiger partial charge on any atom is 0.271 e. The van der Waals surface area contributed by atoms with Gasteiger partial charge in [-0.25, -0.2) is 4.99 Å². The van der Waals surface area contributed by atoms with E-state index in [1.165, 1.54) is 24.6 Å². The number of nitrogens with zero attached hydrogens (tertiary/aromatic N) is 3. The zero-order valence-corrected chi connectivity index (χ0v) is 19.1. The minimum absolute atomic E-state index is 0.110. The van der Waals surface area contributed by atoms with Crippen LogP contribution < -0.4 is 9.80 Å². The van der Waals surface area contributed by atoms with Gasteiger partial charge in [-0.15, -0.1) is 0 Å². The summed E-state index contributed by atoms with van der Waals surface area (Å²) in [5.41, 5.74) is 1.59. The number of anilines is 2. The highest BCUT2D eigenvalue weighted by molar-refractivity contribution is 9.10. The number of para-hydroxylation sites is 2. The number of furan rings is 1. The van der Waals surface area contributed by atoms with Crippen LogP contribution in [0.1, 0.15) is 18.6 Å². The summed E-state index contributed by atoms with van der Waals surface area (Å²) in [5.74, 6) is 1.37. The van der Waals surface area contributed by atoms with Crippen LogP contribution >= 0.6 is 27.7 Å². The fraction of sp³-hybridized carbons (Fsp3) is 0.167. The Bertz CT molecular complexity index is 1150. The molecule has 2 aromatic carbocycles. The number of hydrogen-bond acceptors (Lipinski definition) is 5. The molecule has 1 amide bonds. The first-order valence-electron chi connectivity index (χ1n) is 10.2. The van der Waals surface area contributed by atoms with E-state index in [-0.39, 0.29) is 5.91 Å². The first-order valence-corrected chi connectivity index (χ1v) is 11.8. The molecule has 2 fully saturated rings. The van der Waals surface area contributed by atoms with Crippen LogP contribution in [0.25, 0.3) is 6.08 Å². The minimum Gasteiger partial charge on any atom is -0.440 e. The number of aliphatic imine (C=N–C) groups is 1. The summed E-state index contributed by atoms with van der Waals surface area (Å²) in [6, 6.07) is 21.2. The number of carbonyl (C=O) groups is 1. The highest BCUT2D eigenvalue weighted by Gasteiger charge is 2.35. The number of benzene rings is 2. The van der Waals surface area contributed by atoms with E-state index in [9.17, 15) is 4.79 Å². The monoisotopic (exact) mass is 493 g/mol. The van der Waals surface area contributed by atoms with E-state index in [0.29, 0.717) is 15.8 Å². The summed E-state index contributed by atoms with van der Waals surface area (Å²) in [6.07, 6.45) is 4.15. The number of thioether (sulfide) groups is 1. The number of hydrogen-bond donors (Lipinski definition) is 0. The Balaban J connectivity index is 1.51. The molecule has 156 valence electrons. The topological polar surface area (TPSA) is 49.1 Å². The molecule has 2 saturated heterocycles. The summed E-state index contributed by atoms with van der Waals surface area (Å²) in [4.78, 5) is 22.6. The molecule has 0 radical (unpaired) electrons. The minimum atomic E-state index is -0.110. The third-order valence-corrected chi connectivity index (χ3v) is 6.69. The first kappa shape index (κ1) is 20.2. The molecule has 2 aliphatic rings. The SMILES string of the molecule is O=C1/C(=C/c2cc(Br)c(N3CCCC3)o2)SC(=Nc2ccccc2)N1c1ccccc1. The number of amides is 1. The highest BCUT2D eigenvalue weighted by Crippen LogP contribution is 2.39. The maximum absolute atomic E-state index is 13.4. The zero-order chi connectivity index (χ0) is 21.2. The normalized spacial score (nSPS) is 19.2. The van der Waals surface area contributed by atoms with Crippen LogP contribution in [0.15, 0.2) is 85.5 Å². The van der Waals surface area contributed by atoms with Gasteiger partial charge in [-0.3, -0.25) is 9.69 Å². The lowest BCUT2D eigenvalue weighted by Crippen LogP contribution is -2.28. The quantitative estimate of drug-likeness (QED) is 0.391. The molecule has 7 heteroatoms. The second kappa shape index (κ2) is 8.77. The van der Waals surface area contributed by atoms with E-state index in [2.05, 4.69) is 20.8 Å². The lowest BCUT2D eigenvalue weighted by atomic mass is 10.3. The molecule has 0 bridgehead atoms. The smallest absolute Gasteiger partial charge is 0.271 e.